The number of carbonyl (C=O) groups excluding carboxylic acids is 1. The van der Waals surface area contributed by atoms with E-state index >= 15 is 0 Å². The third kappa shape index (κ3) is 4.80. The minimum Gasteiger partial charge on any atom is -0.368 e. The SMILES string of the molecule is O=C(CSc1nc(=O)n(Cc2ccncc2)c2c1CCC2)N1CCN(c2ccccc2)CC1. The van der Waals surface area contributed by atoms with Crippen molar-refractivity contribution in [2.45, 2.75) is 30.8 Å². The minimum absolute atomic E-state index is 0.113. The first-order valence-electron chi connectivity index (χ1n) is 11.4. The highest BCUT2D eigenvalue weighted by atomic mass is 32.2. The van der Waals surface area contributed by atoms with Crippen molar-refractivity contribution < 1.29 is 4.79 Å². The lowest BCUT2D eigenvalue weighted by Crippen LogP contribution is -2.49. The lowest BCUT2D eigenvalue weighted by molar-refractivity contribution is -0.128. The molecule has 1 saturated heterocycles. The second-order valence-electron chi connectivity index (χ2n) is 8.41. The Hall–Kier alpha value is -3.13. The second-order valence-corrected chi connectivity index (χ2v) is 9.38. The van der Waals surface area contributed by atoms with Gasteiger partial charge in [0.1, 0.15) is 5.03 Å². The number of para-hydroxylation sites is 1. The van der Waals surface area contributed by atoms with Crippen LogP contribution in [-0.4, -0.2) is 57.3 Å². The molecule has 0 saturated carbocycles. The van der Waals surface area contributed by atoms with Crippen LogP contribution in [0.2, 0.25) is 0 Å². The molecule has 1 aromatic carbocycles. The maximum absolute atomic E-state index is 12.9. The largest absolute Gasteiger partial charge is 0.368 e. The number of thioether (sulfide) groups is 1. The molecule has 3 heterocycles. The molecule has 33 heavy (non-hydrogen) atoms. The first-order valence-corrected chi connectivity index (χ1v) is 12.4. The van der Waals surface area contributed by atoms with Gasteiger partial charge in [0.25, 0.3) is 0 Å². The average molecular weight is 462 g/mol. The van der Waals surface area contributed by atoms with Crippen molar-refractivity contribution in [1.29, 1.82) is 0 Å². The van der Waals surface area contributed by atoms with Crippen molar-refractivity contribution in [2.24, 2.45) is 0 Å². The number of carbonyl (C=O) groups is 1. The average Bonchev–Trinajstić information content (AvgIpc) is 3.36. The molecule has 1 aliphatic heterocycles. The molecule has 0 N–H and O–H groups in total. The molecule has 2 aliphatic rings. The van der Waals surface area contributed by atoms with Crippen molar-refractivity contribution >= 4 is 23.4 Å². The quantitative estimate of drug-likeness (QED) is 0.415. The fourth-order valence-electron chi connectivity index (χ4n) is 4.61. The first-order chi connectivity index (χ1) is 16.2. The summed E-state index contributed by atoms with van der Waals surface area (Å²) in [6.07, 6.45) is 6.28. The number of amides is 1. The Kier molecular flexibility index (Phi) is 6.44. The van der Waals surface area contributed by atoms with E-state index in [1.165, 1.54) is 17.4 Å². The molecule has 0 radical (unpaired) electrons. The van der Waals surface area contributed by atoms with E-state index in [1.807, 2.05) is 35.2 Å². The van der Waals surface area contributed by atoms with Crippen LogP contribution in [0.3, 0.4) is 0 Å². The van der Waals surface area contributed by atoms with Gasteiger partial charge in [0.05, 0.1) is 12.3 Å². The molecule has 2 aromatic heterocycles. The van der Waals surface area contributed by atoms with E-state index < -0.39 is 0 Å². The molecule has 170 valence electrons. The van der Waals surface area contributed by atoms with Crippen LogP contribution >= 0.6 is 11.8 Å². The summed E-state index contributed by atoms with van der Waals surface area (Å²) < 4.78 is 1.78. The lowest BCUT2D eigenvalue weighted by Gasteiger charge is -2.36. The third-order valence-corrected chi connectivity index (χ3v) is 7.38. The van der Waals surface area contributed by atoms with Gasteiger partial charge in [-0.05, 0) is 49.1 Å². The molecular weight excluding hydrogens is 434 g/mol. The molecule has 0 atom stereocenters. The zero-order chi connectivity index (χ0) is 22.6. The first kappa shape index (κ1) is 21.7. The zero-order valence-corrected chi connectivity index (χ0v) is 19.3. The van der Waals surface area contributed by atoms with Crippen molar-refractivity contribution in [3.05, 3.63) is 82.2 Å². The van der Waals surface area contributed by atoms with Gasteiger partial charge in [-0.1, -0.05) is 30.0 Å². The summed E-state index contributed by atoms with van der Waals surface area (Å²) in [5.41, 5.74) is 4.20. The Balaban J connectivity index is 1.23. The van der Waals surface area contributed by atoms with Crippen LogP contribution in [0.1, 0.15) is 23.2 Å². The van der Waals surface area contributed by atoms with Gasteiger partial charge in [0, 0.05) is 55.5 Å². The van der Waals surface area contributed by atoms with Crippen molar-refractivity contribution in [2.75, 3.05) is 36.8 Å². The molecule has 7 nitrogen and oxygen atoms in total. The molecule has 5 rings (SSSR count). The Morgan fingerprint density at radius 1 is 0.970 bits per heavy atom. The number of aromatic nitrogens is 3. The summed E-state index contributed by atoms with van der Waals surface area (Å²) in [4.78, 5) is 38.4. The van der Waals surface area contributed by atoms with E-state index in [2.05, 4.69) is 27.0 Å². The van der Waals surface area contributed by atoms with Gasteiger partial charge in [0.2, 0.25) is 5.91 Å². The maximum Gasteiger partial charge on any atom is 0.349 e. The van der Waals surface area contributed by atoms with Crippen LogP contribution in [0, 0.1) is 0 Å². The maximum atomic E-state index is 12.9. The third-order valence-electron chi connectivity index (χ3n) is 6.38. The summed E-state index contributed by atoms with van der Waals surface area (Å²) in [6, 6.07) is 14.2. The number of rotatable bonds is 6. The molecule has 3 aromatic rings. The summed E-state index contributed by atoms with van der Waals surface area (Å²) in [7, 11) is 0. The Morgan fingerprint density at radius 3 is 2.48 bits per heavy atom. The van der Waals surface area contributed by atoms with Gasteiger partial charge in [-0.15, -0.1) is 0 Å². The van der Waals surface area contributed by atoms with E-state index in [0.717, 1.165) is 54.2 Å². The monoisotopic (exact) mass is 461 g/mol. The minimum atomic E-state index is -0.237. The van der Waals surface area contributed by atoms with Gasteiger partial charge >= 0.3 is 5.69 Å². The highest BCUT2D eigenvalue weighted by Crippen LogP contribution is 2.29. The smallest absolute Gasteiger partial charge is 0.349 e. The van der Waals surface area contributed by atoms with Crippen molar-refractivity contribution in [1.82, 2.24) is 19.4 Å². The summed E-state index contributed by atoms with van der Waals surface area (Å²) >= 11 is 1.41. The lowest BCUT2D eigenvalue weighted by atomic mass is 10.2. The predicted molar refractivity (Wildman–Crippen MR) is 130 cm³/mol. The number of piperazine rings is 1. The molecule has 0 bridgehead atoms. The number of anilines is 1. The van der Waals surface area contributed by atoms with Crippen LogP contribution in [0.4, 0.5) is 5.69 Å². The fourth-order valence-corrected chi connectivity index (χ4v) is 5.59. The van der Waals surface area contributed by atoms with E-state index in [0.29, 0.717) is 25.4 Å². The zero-order valence-electron chi connectivity index (χ0n) is 18.5. The Bertz CT molecular complexity index is 1170. The second kappa shape index (κ2) is 9.79. The summed E-state index contributed by atoms with van der Waals surface area (Å²) in [6.45, 7) is 3.60. The molecule has 1 amide bonds. The highest BCUT2D eigenvalue weighted by molar-refractivity contribution is 7.99. The van der Waals surface area contributed by atoms with Crippen LogP contribution in [0.5, 0.6) is 0 Å². The molecule has 8 heteroatoms. The van der Waals surface area contributed by atoms with Gasteiger partial charge in [0.15, 0.2) is 0 Å². The number of hydrogen-bond donors (Lipinski definition) is 0. The van der Waals surface area contributed by atoms with Crippen molar-refractivity contribution in [3.63, 3.8) is 0 Å². The fraction of sp³-hybridized carbons (Fsp3) is 0.360. The Labute approximate surface area is 197 Å². The molecular formula is C25H27N5O2S. The summed E-state index contributed by atoms with van der Waals surface area (Å²) in [5.74, 6) is 0.431. The number of pyridine rings is 1. The van der Waals surface area contributed by atoms with E-state index in [1.54, 1.807) is 17.0 Å². The molecule has 0 unspecified atom stereocenters. The van der Waals surface area contributed by atoms with Gasteiger partial charge in [-0.25, -0.2) is 4.79 Å². The predicted octanol–water partition coefficient (Wildman–Crippen LogP) is 2.62. The van der Waals surface area contributed by atoms with E-state index in [-0.39, 0.29) is 11.6 Å². The van der Waals surface area contributed by atoms with E-state index in [9.17, 15) is 9.59 Å². The standard InChI is InChI=1S/C25H27N5O2S/c31-23(29-15-13-28(14-16-29)20-5-2-1-3-6-20)18-33-24-21-7-4-8-22(21)30(25(32)27-24)17-19-9-11-26-12-10-19/h1-3,5-6,9-12H,4,7-8,13-18H2. The molecule has 0 spiro atoms. The topological polar surface area (TPSA) is 71.3 Å². The highest BCUT2D eigenvalue weighted by Gasteiger charge is 2.25. The normalized spacial score (nSPS) is 15.5. The number of fused-ring (bicyclic) bond motifs is 1. The summed E-state index contributed by atoms with van der Waals surface area (Å²) in [5, 5.41) is 0.731. The molecule has 1 fully saturated rings. The molecule has 1 aliphatic carbocycles. The van der Waals surface area contributed by atoms with Crippen LogP contribution < -0.4 is 10.6 Å². The van der Waals surface area contributed by atoms with Crippen molar-refractivity contribution in [3.8, 4) is 0 Å². The van der Waals surface area contributed by atoms with Gasteiger partial charge < -0.3 is 9.80 Å². The van der Waals surface area contributed by atoms with E-state index in [4.69, 9.17) is 0 Å². The Morgan fingerprint density at radius 2 is 1.73 bits per heavy atom. The number of hydrogen-bond acceptors (Lipinski definition) is 6. The van der Waals surface area contributed by atoms with Gasteiger partial charge in [-0.3, -0.25) is 14.3 Å². The van der Waals surface area contributed by atoms with Crippen LogP contribution in [0.15, 0.2) is 64.7 Å². The number of benzene rings is 1. The van der Waals surface area contributed by atoms with Gasteiger partial charge in [-0.2, -0.15) is 4.98 Å². The number of nitrogens with zero attached hydrogens (tertiary/aromatic N) is 5. The van der Waals surface area contributed by atoms with Crippen LogP contribution in [0.25, 0.3) is 0 Å². The van der Waals surface area contributed by atoms with Crippen LogP contribution in [-0.2, 0) is 24.2 Å².